The summed E-state index contributed by atoms with van der Waals surface area (Å²) in [6.45, 7) is 4.05. The molecule has 0 bridgehead atoms. The molecule has 0 amide bonds. The number of thiazole rings is 1. The fourth-order valence-electron chi connectivity index (χ4n) is 1.68. The van der Waals surface area contributed by atoms with E-state index in [9.17, 15) is 5.11 Å². The second-order valence-corrected chi connectivity index (χ2v) is 5.05. The van der Waals surface area contributed by atoms with E-state index in [1.54, 1.807) is 11.3 Å². The molecule has 0 saturated heterocycles. The largest absolute Gasteiger partial charge is 0.394 e. The first kappa shape index (κ1) is 12.1. The van der Waals surface area contributed by atoms with Crippen molar-refractivity contribution in [2.45, 2.75) is 19.9 Å². The van der Waals surface area contributed by atoms with Crippen LogP contribution in [0, 0.1) is 13.8 Å². The number of aliphatic hydroxyl groups excluding tert-OH is 1. The molecule has 1 heterocycles. The number of nitrogens with zero attached hydrogens (tertiary/aromatic N) is 1. The molecule has 90 valence electrons. The van der Waals surface area contributed by atoms with Crippen LogP contribution in [0.4, 0.5) is 5.69 Å². The summed E-state index contributed by atoms with van der Waals surface area (Å²) in [6, 6.07) is 7.90. The molecule has 2 N–H and O–H groups in total. The summed E-state index contributed by atoms with van der Waals surface area (Å²) in [4.78, 5) is 4.40. The fourth-order valence-corrected chi connectivity index (χ4v) is 2.34. The minimum Gasteiger partial charge on any atom is -0.394 e. The molecule has 0 aliphatic rings. The average molecular weight is 248 g/mol. The van der Waals surface area contributed by atoms with E-state index in [0.29, 0.717) is 0 Å². The lowest BCUT2D eigenvalue weighted by Crippen LogP contribution is -2.15. The lowest BCUT2D eigenvalue weighted by molar-refractivity contribution is 0.274. The highest BCUT2D eigenvalue weighted by Gasteiger charge is 2.13. The summed E-state index contributed by atoms with van der Waals surface area (Å²) in [5.74, 6) is 0. The van der Waals surface area contributed by atoms with Crippen LogP contribution in [-0.2, 0) is 0 Å². The molecular formula is C13H16N2OS. The Morgan fingerprint density at radius 2 is 2.12 bits per heavy atom. The molecule has 1 atom stereocenters. The van der Waals surface area contributed by atoms with E-state index in [4.69, 9.17) is 0 Å². The smallest absolute Gasteiger partial charge is 0.0926 e. The third kappa shape index (κ3) is 2.84. The lowest BCUT2D eigenvalue weighted by Gasteiger charge is -2.17. The SMILES string of the molecule is Cc1nc(C(CO)Nc2ccccc2C)cs1. The van der Waals surface area contributed by atoms with Crippen LogP contribution >= 0.6 is 11.3 Å². The topological polar surface area (TPSA) is 45.2 Å². The van der Waals surface area contributed by atoms with Gasteiger partial charge in [0.1, 0.15) is 0 Å². The predicted molar refractivity (Wildman–Crippen MR) is 71.5 cm³/mol. The van der Waals surface area contributed by atoms with Crippen molar-refractivity contribution in [3.8, 4) is 0 Å². The number of aliphatic hydroxyl groups is 1. The molecule has 1 unspecified atom stereocenters. The summed E-state index contributed by atoms with van der Waals surface area (Å²) < 4.78 is 0. The number of hydrogen-bond donors (Lipinski definition) is 2. The Morgan fingerprint density at radius 3 is 2.71 bits per heavy atom. The normalized spacial score (nSPS) is 12.4. The minimum absolute atomic E-state index is 0.0392. The van der Waals surface area contributed by atoms with Gasteiger partial charge in [-0.15, -0.1) is 11.3 Å². The third-order valence-electron chi connectivity index (χ3n) is 2.65. The van der Waals surface area contributed by atoms with Crippen molar-refractivity contribution in [2.75, 3.05) is 11.9 Å². The molecular weight excluding hydrogens is 232 g/mol. The second kappa shape index (κ2) is 5.29. The number of aryl methyl sites for hydroxylation is 2. The molecule has 0 saturated carbocycles. The van der Waals surface area contributed by atoms with Gasteiger partial charge in [0.25, 0.3) is 0 Å². The molecule has 17 heavy (non-hydrogen) atoms. The zero-order chi connectivity index (χ0) is 12.3. The van der Waals surface area contributed by atoms with Crippen LogP contribution in [0.2, 0.25) is 0 Å². The number of anilines is 1. The highest BCUT2D eigenvalue weighted by Crippen LogP contribution is 2.22. The molecule has 1 aromatic heterocycles. The van der Waals surface area contributed by atoms with Crippen molar-refractivity contribution < 1.29 is 5.11 Å². The molecule has 1 aromatic carbocycles. The van der Waals surface area contributed by atoms with Gasteiger partial charge in [0.2, 0.25) is 0 Å². The van der Waals surface area contributed by atoms with Crippen molar-refractivity contribution in [3.05, 3.63) is 45.9 Å². The Morgan fingerprint density at radius 1 is 1.35 bits per heavy atom. The summed E-state index contributed by atoms with van der Waals surface area (Å²) in [5.41, 5.74) is 3.10. The maximum atomic E-state index is 9.44. The highest BCUT2D eigenvalue weighted by atomic mass is 32.1. The second-order valence-electron chi connectivity index (χ2n) is 3.99. The van der Waals surface area contributed by atoms with Crippen molar-refractivity contribution in [2.24, 2.45) is 0 Å². The van der Waals surface area contributed by atoms with Crippen LogP contribution < -0.4 is 5.32 Å². The Kier molecular flexibility index (Phi) is 3.76. The summed E-state index contributed by atoms with van der Waals surface area (Å²) >= 11 is 1.60. The van der Waals surface area contributed by atoms with Gasteiger partial charge in [0, 0.05) is 11.1 Å². The maximum Gasteiger partial charge on any atom is 0.0926 e. The van der Waals surface area contributed by atoms with Crippen molar-refractivity contribution in [3.63, 3.8) is 0 Å². The van der Waals surface area contributed by atoms with E-state index in [-0.39, 0.29) is 12.6 Å². The lowest BCUT2D eigenvalue weighted by atomic mass is 10.1. The first-order valence-electron chi connectivity index (χ1n) is 5.55. The number of rotatable bonds is 4. The van der Waals surface area contributed by atoms with Gasteiger partial charge in [-0.2, -0.15) is 0 Å². The quantitative estimate of drug-likeness (QED) is 0.874. The predicted octanol–water partition coefficient (Wildman–Crippen LogP) is 2.91. The first-order valence-corrected chi connectivity index (χ1v) is 6.43. The Hall–Kier alpha value is -1.39. The highest BCUT2D eigenvalue weighted by molar-refractivity contribution is 7.09. The van der Waals surface area contributed by atoms with Gasteiger partial charge in [0.05, 0.1) is 23.4 Å². The number of benzene rings is 1. The van der Waals surface area contributed by atoms with Gasteiger partial charge in [-0.1, -0.05) is 18.2 Å². The zero-order valence-electron chi connectivity index (χ0n) is 9.97. The number of nitrogens with one attached hydrogen (secondary N) is 1. The minimum atomic E-state index is -0.138. The van der Waals surface area contributed by atoms with E-state index < -0.39 is 0 Å². The molecule has 4 heteroatoms. The van der Waals surface area contributed by atoms with Gasteiger partial charge in [0.15, 0.2) is 0 Å². The summed E-state index contributed by atoms with van der Waals surface area (Å²) in [7, 11) is 0. The number of aromatic nitrogens is 1. The maximum absolute atomic E-state index is 9.44. The van der Waals surface area contributed by atoms with Gasteiger partial charge in [-0.05, 0) is 25.5 Å². The van der Waals surface area contributed by atoms with Gasteiger partial charge < -0.3 is 10.4 Å². The van der Waals surface area contributed by atoms with E-state index in [1.807, 2.05) is 43.5 Å². The summed E-state index contributed by atoms with van der Waals surface area (Å²) in [6.07, 6.45) is 0. The van der Waals surface area contributed by atoms with Crippen LogP contribution in [-0.4, -0.2) is 16.7 Å². The molecule has 2 rings (SSSR count). The van der Waals surface area contributed by atoms with Gasteiger partial charge in [-0.25, -0.2) is 4.98 Å². The molecule has 0 aliphatic heterocycles. The molecule has 3 nitrogen and oxygen atoms in total. The van der Waals surface area contributed by atoms with Gasteiger partial charge in [-0.3, -0.25) is 0 Å². The molecule has 2 aromatic rings. The standard InChI is InChI=1S/C13H16N2OS/c1-9-5-3-4-6-11(9)15-12(7-16)13-8-17-10(2)14-13/h3-6,8,12,15-16H,7H2,1-2H3. The molecule has 0 radical (unpaired) electrons. The van der Waals surface area contributed by atoms with Crippen LogP contribution in [0.5, 0.6) is 0 Å². The zero-order valence-corrected chi connectivity index (χ0v) is 10.8. The average Bonchev–Trinajstić information content (AvgIpc) is 2.75. The van der Waals surface area contributed by atoms with Crippen LogP contribution in [0.3, 0.4) is 0 Å². The third-order valence-corrected chi connectivity index (χ3v) is 3.44. The molecule has 0 spiro atoms. The number of hydrogen-bond acceptors (Lipinski definition) is 4. The molecule has 0 aliphatic carbocycles. The van der Waals surface area contributed by atoms with Crippen LogP contribution in [0.1, 0.15) is 22.3 Å². The Balaban J connectivity index is 2.18. The van der Waals surface area contributed by atoms with E-state index in [2.05, 4.69) is 10.3 Å². The molecule has 0 fully saturated rings. The van der Waals surface area contributed by atoms with Crippen molar-refractivity contribution >= 4 is 17.0 Å². The van der Waals surface area contributed by atoms with E-state index in [0.717, 1.165) is 22.0 Å². The van der Waals surface area contributed by atoms with Crippen molar-refractivity contribution in [1.29, 1.82) is 0 Å². The van der Waals surface area contributed by atoms with Crippen LogP contribution in [0.25, 0.3) is 0 Å². The Bertz CT molecular complexity index is 496. The first-order chi connectivity index (χ1) is 8.20. The number of para-hydroxylation sites is 1. The van der Waals surface area contributed by atoms with Gasteiger partial charge >= 0.3 is 0 Å². The summed E-state index contributed by atoms with van der Waals surface area (Å²) in [5, 5.41) is 15.8. The van der Waals surface area contributed by atoms with Crippen LogP contribution in [0.15, 0.2) is 29.6 Å². The van der Waals surface area contributed by atoms with E-state index in [1.165, 1.54) is 0 Å². The van der Waals surface area contributed by atoms with E-state index >= 15 is 0 Å². The fraction of sp³-hybridized carbons (Fsp3) is 0.308. The monoisotopic (exact) mass is 248 g/mol. The Labute approximate surface area is 105 Å². The van der Waals surface area contributed by atoms with Crippen molar-refractivity contribution in [1.82, 2.24) is 4.98 Å².